The molecular formula is C19H19ClN2S. The first-order valence-electron chi connectivity index (χ1n) is 7.84. The van der Waals surface area contributed by atoms with E-state index in [4.69, 9.17) is 11.6 Å². The number of hydrogen-bond acceptors (Lipinski definition) is 2. The summed E-state index contributed by atoms with van der Waals surface area (Å²) in [5, 5.41) is 6.43. The molecule has 23 heavy (non-hydrogen) atoms. The van der Waals surface area contributed by atoms with Crippen LogP contribution < -0.4 is 0 Å². The van der Waals surface area contributed by atoms with Crippen LogP contribution in [0.5, 0.6) is 0 Å². The normalized spacial score (nSPS) is 16.0. The van der Waals surface area contributed by atoms with Gasteiger partial charge >= 0.3 is 0 Å². The molecule has 0 amide bonds. The number of nitrogens with zero attached hydrogens (tertiary/aromatic N) is 2. The molecule has 3 heterocycles. The number of benzene rings is 1. The van der Waals surface area contributed by atoms with E-state index in [9.17, 15) is 0 Å². The zero-order valence-corrected chi connectivity index (χ0v) is 14.9. The summed E-state index contributed by atoms with van der Waals surface area (Å²) in [5.41, 5.74) is 6.69. The van der Waals surface area contributed by atoms with Crippen LogP contribution in [0.4, 0.5) is 0 Å². The molecule has 4 heteroatoms. The van der Waals surface area contributed by atoms with Gasteiger partial charge in [-0.15, -0.1) is 0 Å². The highest BCUT2D eigenvalue weighted by atomic mass is 35.5. The summed E-state index contributed by atoms with van der Waals surface area (Å²) in [5.74, 6) is 0. The molecule has 3 aromatic rings. The van der Waals surface area contributed by atoms with E-state index in [0.717, 1.165) is 24.5 Å². The largest absolute Gasteiger partial charge is 0.320 e. The lowest BCUT2D eigenvalue weighted by Gasteiger charge is -2.23. The minimum absolute atomic E-state index is 0.809. The standard InChI is InChI=1S/C19H19ClN2S/c1-13(14-6-8-23-12-14)10-22-18-4-3-15(20)9-16(18)17-11-21(2)7-5-19(17)22/h3-4,6,8-10,12H,5,7,11H2,1-2H3/b13-10+. The molecule has 1 aliphatic rings. The van der Waals surface area contributed by atoms with Crippen LogP contribution in [0.2, 0.25) is 5.02 Å². The third-order valence-electron chi connectivity index (χ3n) is 4.64. The SMILES string of the molecule is C/C(=C\n1c2c(c3cc(Cl)ccc31)CN(C)CC2)c1ccsc1. The van der Waals surface area contributed by atoms with Crippen molar-refractivity contribution in [1.82, 2.24) is 9.47 Å². The van der Waals surface area contributed by atoms with Gasteiger partial charge in [0.05, 0.1) is 5.52 Å². The van der Waals surface area contributed by atoms with Crippen LogP contribution in [-0.2, 0) is 13.0 Å². The number of rotatable bonds is 2. The van der Waals surface area contributed by atoms with E-state index in [2.05, 4.69) is 58.6 Å². The minimum atomic E-state index is 0.809. The zero-order valence-electron chi connectivity index (χ0n) is 13.3. The topological polar surface area (TPSA) is 8.17 Å². The first-order chi connectivity index (χ1) is 11.1. The van der Waals surface area contributed by atoms with Crippen LogP contribution in [0, 0.1) is 0 Å². The van der Waals surface area contributed by atoms with Crippen LogP contribution in [-0.4, -0.2) is 23.1 Å². The molecule has 2 nitrogen and oxygen atoms in total. The highest BCUT2D eigenvalue weighted by Crippen LogP contribution is 2.33. The van der Waals surface area contributed by atoms with Gasteiger partial charge in [-0.2, -0.15) is 11.3 Å². The zero-order chi connectivity index (χ0) is 16.0. The van der Waals surface area contributed by atoms with Crippen molar-refractivity contribution < 1.29 is 0 Å². The summed E-state index contributed by atoms with van der Waals surface area (Å²) in [6, 6.07) is 8.43. The summed E-state index contributed by atoms with van der Waals surface area (Å²) in [4.78, 5) is 2.38. The average molecular weight is 343 g/mol. The molecule has 0 unspecified atom stereocenters. The maximum atomic E-state index is 6.26. The lowest BCUT2D eigenvalue weighted by Crippen LogP contribution is -2.26. The Morgan fingerprint density at radius 3 is 2.96 bits per heavy atom. The number of allylic oxidation sites excluding steroid dienone is 1. The Labute approximate surface area is 145 Å². The molecular weight excluding hydrogens is 324 g/mol. The van der Waals surface area contributed by atoms with Gasteiger partial charge in [0.25, 0.3) is 0 Å². The van der Waals surface area contributed by atoms with Crippen LogP contribution in [0.15, 0.2) is 35.0 Å². The molecule has 2 aromatic heterocycles. The van der Waals surface area contributed by atoms with Gasteiger partial charge < -0.3 is 9.47 Å². The Kier molecular flexibility index (Phi) is 3.80. The van der Waals surface area contributed by atoms with Gasteiger partial charge in [-0.1, -0.05) is 11.6 Å². The molecule has 0 saturated carbocycles. The Morgan fingerprint density at radius 1 is 1.30 bits per heavy atom. The van der Waals surface area contributed by atoms with Gasteiger partial charge in [0.1, 0.15) is 0 Å². The van der Waals surface area contributed by atoms with E-state index in [0.29, 0.717) is 0 Å². The van der Waals surface area contributed by atoms with Gasteiger partial charge in [0.15, 0.2) is 0 Å². The molecule has 118 valence electrons. The van der Waals surface area contributed by atoms with E-state index < -0.39 is 0 Å². The van der Waals surface area contributed by atoms with Gasteiger partial charge in [-0.05, 0) is 65.7 Å². The maximum Gasteiger partial charge on any atom is 0.0529 e. The Hall–Kier alpha value is -1.55. The molecule has 1 aliphatic heterocycles. The molecule has 0 spiro atoms. The second-order valence-corrected chi connectivity index (χ2v) is 7.49. The number of halogens is 1. The van der Waals surface area contributed by atoms with E-state index in [1.807, 2.05) is 6.07 Å². The molecule has 0 radical (unpaired) electrons. The second-order valence-electron chi connectivity index (χ2n) is 6.27. The van der Waals surface area contributed by atoms with E-state index in [1.165, 1.54) is 33.3 Å². The molecule has 0 saturated heterocycles. The number of fused-ring (bicyclic) bond motifs is 3. The highest BCUT2D eigenvalue weighted by Gasteiger charge is 2.22. The molecule has 0 fully saturated rings. The molecule has 4 rings (SSSR count). The Bertz CT molecular complexity index is 890. The van der Waals surface area contributed by atoms with E-state index in [-0.39, 0.29) is 0 Å². The smallest absolute Gasteiger partial charge is 0.0529 e. The number of hydrogen-bond donors (Lipinski definition) is 0. The molecule has 0 atom stereocenters. The third-order valence-corrected chi connectivity index (χ3v) is 5.56. The first kappa shape index (κ1) is 15.0. The average Bonchev–Trinajstić information content (AvgIpc) is 3.15. The maximum absolute atomic E-state index is 6.26. The summed E-state index contributed by atoms with van der Waals surface area (Å²) in [6.07, 6.45) is 3.36. The molecule has 1 aromatic carbocycles. The third kappa shape index (κ3) is 2.63. The van der Waals surface area contributed by atoms with Crippen molar-refractivity contribution >= 4 is 45.6 Å². The van der Waals surface area contributed by atoms with Crippen molar-refractivity contribution in [2.24, 2.45) is 0 Å². The Morgan fingerprint density at radius 2 is 2.17 bits per heavy atom. The van der Waals surface area contributed by atoms with Gasteiger partial charge in [0, 0.05) is 41.8 Å². The fourth-order valence-corrected chi connectivity index (χ4v) is 4.29. The predicted molar refractivity (Wildman–Crippen MR) is 101 cm³/mol. The fourth-order valence-electron chi connectivity index (χ4n) is 3.40. The fraction of sp³-hybridized carbons (Fsp3) is 0.263. The van der Waals surface area contributed by atoms with Crippen LogP contribution in [0.25, 0.3) is 22.7 Å². The minimum Gasteiger partial charge on any atom is -0.320 e. The summed E-state index contributed by atoms with van der Waals surface area (Å²) >= 11 is 8.00. The monoisotopic (exact) mass is 342 g/mol. The molecule has 0 bridgehead atoms. The van der Waals surface area contributed by atoms with Gasteiger partial charge in [0.2, 0.25) is 0 Å². The number of aromatic nitrogens is 1. The van der Waals surface area contributed by atoms with Crippen molar-refractivity contribution in [3.63, 3.8) is 0 Å². The summed E-state index contributed by atoms with van der Waals surface area (Å²) in [7, 11) is 2.18. The first-order valence-corrected chi connectivity index (χ1v) is 9.16. The van der Waals surface area contributed by atoms with Gasteiger partial charge in [-0.3, -0.25) is 0 Å². The van der Waals surface area contributed by atoms with Crippen molar-refractivity contribution in [1.29, 1.82) is 0 Å². The lowest BCUT2D eigenvalue weighted by atomic mass is 10.1. The van der Waals surface area contributed by atoms with Crippen molar-refractivity contribution in [2.75, 3.05) is 13.6 Å². The second kappa shape index (κ2) is 5.82. The van der Waals surface area contributed by atoms with E-state index in [1.54, 1.807) is 11.3 Å². The van der Waals surface area contributed by atoms with Crippen LogP contribution in [0.3, 0.4) is 0 Å². The molecule has 0 N–H and O–H groups in total. The van der Waals surface area contributed by atoms with Gasteiger partial charge in [-0.25, -0.2) is 0 Å². The molecule has 0 aliphatic carbocycles. The number of thiophene rings is 1. The predicted octanol–water partition coefficient (Wildman–Crippen LogP) is 5.36. The summed E-state index contributed by atoms with van der Waals surface area (Å²) in [6.45, 7) is 4.28. The lowest BCUT2D eigenvalue weighted by molar-refractivity contribution is 0.312. The summed E-state index contributed by atoms with van der Waals surface area (Å²) < 4.78 is 2.38. The van der Waals surface area contributed by atoms with Crippen LogP contribution >= 0.6 is 22.9 Å². The Balaban J connectivity index is 1.94. The van der Waals surface area contributed by atoms with Crippen LogP contribution in [0.1, 0.15) is 23.7 Å². The van der Waals surface area contributed by atoms with Crippen molar-refractivity contribution in [3.05, 3.63) is 56.9 Å². The van der Waals surface area contributed by atoms with E-state index >= 15 is 0 Å². The van der Waals surface area contributed by atoms with Crippen molar-refractivity contribution in [3.8, 4) is 0 Å². The quantitative estimate of drug-likeness (QED) is 0.608. The number of likely N-dealkylation sites (N-methyl/N-ethyl adjacent to an activating group) is 1. The van der Waals surface area contributed by atoms with Crippen molar-refractivity contribution in [2.45, 2.75) is 19.9 Å². The highest BCUT2D eigenvalue weighted by molar-refractivity contribution is 7.08.